The zero-order valence-corrected chi connectivity index (χ0v) is 16.3. The van der Waals surface area contributed by atoms with Crippen LogP contribution in [0.5, 0.6) is 5.75 Å². The third kappa shape index (κ3) is 4.65. The lowest BCUT2D eigenvalue weighted by molar-refractivity contribution is -0.123. The molecule has 2 aromatic carbocycles. The molecule has 1 aliphatic heterocycles. The zero-order valence-electron chi connectivity index (χ0n) is 16.3. The Morgan fingerprint density at radius 3 is 2.64 bits per heavy atom. The van der Waals surface area contributed by atoms with Crippen LogP contribution in [0.25, 0.3) is 0 Å². The lowest BCUT2D eigenvalue weighted by Gasteiger charge is -2.28. The molecule has 148 valence electrons. The molecule has 0 radical (unpaired) electrons. The van der Waals surface area contributed by atoms with Gasteiger partial charge >= 0.3 is 0 Å². The van der Waals surface area contributed by atoms with Crippen LogP contribution in [-0.4, -0.2) is 38.8 Å². The highest BCUT2D eigenvalue weighted by Crippen LogP contribution is 2.29. The number of hydrogen-bond donors (Lipinski definition) is 1. The number of ether oxygens (including phenoxy) is 2. The van der Waals surface area contributed by atoms with E-state index < -0.39 is 0 Å². The predicted molar refractivity (Wildman–Crippen MR) is 110 cm³/mol. The van der Waals surface area contributed by atoms with Crippen molar-refractivity contribution in [3.05, 3.63) is 59.2 Å². The maximum atomic E-state index is 12.2. The van der Waals surface area contributed by atoms with Crippen molar-refractivity contribution in [2.45, 2.75) is 32.2 Å². The van der Waals surface area contributed by atoms with Gasteiger partial charge in [0.1, 0.15) is 5.75 Å². The highest BCUT2D eigenvalue weighted by molar-refractivity contribution is 5.77. The second kappa shape index (κ2) is 9.11. The van der Waals surface area contributed by atoms with E-state index in [4.69, 9.17) is 9.47 Å². The summed E-state index contributed by atoms with van der Waals surface area (Å²) in [6.45, 7) is 3.98. The number of morpholine rings is 1. The summed E-state index contributed by atoms with van der Waals surface area (Å²) in [6.07, 6.45) is 4.59. The second-order valence-corrected chi connectivity index (χ2v) is 7.43. The van der Waals surface area contributed by atoms with E-state index in [9.17, 15) is 4.79 Å². The molecule has 5 heteroatoms. The number of carbonyl (C=O) groups excluding carboxylic acids is 1. The smallest absolute Gasteiger partial charge is 0.258 e. The van der Waals surface area contributed by atoms with Gasteiger partial charge in [-0.2, -0.15) is 0 Å². The van der Waals surface area contributed by atoms with Gasteiger partial charge in [-0.25, -0.2) is 0 Å². The lowest BCUT2D eigenvalue weighted by atomic mass is 9.91. The Kier molecular flexibility index (Phi) is 6.12. The average molecular weight is 380 g/mol. The van der Waals surface area contributed by atoms with Crippen LogP contribution in [0.4, 0.5) is 5.69 Å². The molecule has 1 saturated heterocycles. The van der Waals surface area contributed by atoms with Crippen molar-refractivity contribution < 1.29 is 14.3 Å². The maximum Gasteiger partial charge on any atom is 0.258 e. The highest BCUT2D eigenvalue weighted by atomic mass is 16.5. The Labute approximate surface area is 166 Å². The SMILES string of the molecule is O=C(COc1cccc2c1CCCC2)NCc1ccc(N2CCOCC2)cc1. The van der Waals surface area contributed by atoms with Gasteiger partial charge in [0.05, 0.1) is 13.2 Å². The van der Waals surface area contributed by atoms with E-state index in [-0.39, 0.29) is 12.5 Å². The van der Waals surface area contributed by atoms with E-state index in [1.807, 2.05) is 12.1 Å². The molecular weight excluding hydrogens is 352 g/mol. The molecule has 28 heavy (non-hydrogen) atoms. The van der Waals surface area contributed by atoms with Crippen LogP contribution in [0.1, 0.15) is 29.5 Å². The Balaban J connectivity index is 1.26. The summed E-state index contributed by atoms with van der Waals surface area (Å²) in [6, 6.07) is 14.5. The highest BCUT2D eigenvalue weighted by Gasteiger charge is 2.15. The first-order valence-electron chi connectivity index (χ1n) is 10.2. The fraction of sp³-hybridized carbons (Fsp3) is 0.435. The number of rotatable bonds is 6. The topological polar surface area (TPSA) is 50.8 Å². The van der Waals surface area contributed by atoms with E-state index >= 15 is 0 Å². The number of carbonyl (C=O) groups is 1. The molecule has 0 atom stereocenters. The summed E-state index contributed by atoms with van der Waals surface area (Å²) in [5.41, 5.74) is 4.93. The first-order valence-corrected chi connectivity index (χ1v) is 10.2. The molecule has 2 aliphatic rings. The number of amides is 1. The minimum atomic E-state index is -0.0920. The lowest BCUT2D eigenvalue weighted by Crippen LogP contribution is -2.36. The number of nitrogens with zero attached hydrogens (tertiary/aromatic N) is 1. The Morgan fingerprint density at radius 2 is 1.82 bits per heavy atom. The van der Waals surface area contributed by atoms with Gasteiger partial charge in [0.2, 0.25) is 0 Å². The van der Waals surface area contributed by atoms with Gasteiger partial charge in [0.15, 0.2) is 6.61 Å². The van der Waals surface area contributed by atoms with E-state index in [0.717, 1.165) is 50.5 Å². The molecule has 5 nitrogen and oxygen atoms in total. The van der Waals surface area contributed by atoms with Crippen LogP contribution >= 0.6 is 0 Å². The van der Waals surface area contributed by atoms with Crippen LogP contribution in [0.15, 0.2) is 42.5 Å². The minimum Gasteiger partial charge on any atom is -0.483 e. The van der Waals surface area contributed by atoms with E-state index in [2.05, 4.69) is 40.5 Å². The van der Waals surface area contributed by atoms with Crippen molar-refractivity contribution >= 4 is 11.6 Å². The van der Waals surface area contributed by atoms with Crippen molar-refractivity contribution in [1.82, 2.24) is 5.32 Å². The summed E-state index contributed by atoms with van der Waals surface area (Å²) in [4.78, 5) is 14.5. The summed E-state index contributed by atoms with van der Waals surface area (Å²) in [7, 11) is 0. The number of nitrogens with one attached hydrogen (secondary N) is 1. The fourth-order valence-electron chi connectivity index (χ4n) is 3.92. The Hall–Kier alpha value is -2.53. The minimum absolute atomic E-state index is 0.0579. The first-order chi connectivity index (χ1) is 13.8. The largest absolute Gasteiger partial charge is 0.483 e. The molecule has 1 amide bonds. The molecule has 0 aromatic heterocycles. The van der Waals surface area contributed by atoms with E-state index in [1.165, 1.54) is 29.7 Å². The van der Waals surface area contributed by atoms with Crippen molar-refractivity contribution in [2.75, 3.05) is 37.8 Å². The average Bonchev–Trinajstić information content (AvgIpc) is 2.77. The van der Waals surface area contributed by atoms with E-state index in [1.54, 1.807) is 0 Å². The van der Waals surface area contributed by atoms with Gasteiger partial charge in [-0.1, -0.05) is 24.3 Å². The molecule has 0 saturated carbocycles. The van der Waals surface area contributed by atoms with Crippen LogP contribution in [0.3, 0.4) is 0 Å². The Morgan fingerprint density at radius 1 is 1.04 bits per heavy atom. The van der Waals surface area contributed by atoms with Gasteiger partial charge < -0.3 is 19.7 Å². The van der Waals surface area contributed by atoms with Crippen molar-refractivity contribution in [3.8, 4) is 5.75 Å². The molecule has 0 unspecified atom stereocenters. The van der Waals surface area contributed by atoms with Crippen LogP contribution in [0, 0.1) is 0 Å². The maximum absolute atomic E-state index is 12.2. The zero-order chi connectivity index (χ0) is 19.2. The number of benzene rings is 2. The molecule has 0 bridgehead atoms. The second-order valence-electron chi connectivity index (χ2n) is 7.43. The van der Waals surface area contributed by atoms with Crippen LogP contribution in [0.2, 0.25) is 0 Å². The van der Waals surface area contributed by atoms with E-state index in [0.29, 0.717) is 6.54 Å². The van der Waals surface area contributed by atoms with Crippen LogP contribution < -0.4 is 15.0 Å². The fourth-order valence-corrected chi connectivity index (χ4v) is 3.92. The summed E-state index contributed by atoms with van der Waals surface area (Å²) in [5.74, 6) is 0.771. The van der Waals surface area contributed by atoms with Gasteiger partial charge in [-0.15, -0.1) is 0 Å². The summed E-state index contributed by atoms with van der Waals surface area (Å²) in [5, 5.41) is 2.95. The summed E-state index contributed by atoms with van der Waals surface area (Å²) >= 11 is 0. The van der Waals surface area contributed by atoms with Gasteiger partial charge in [-0.05, 0) is 60.6 Å². The van der Waals surface area contributed by atoms with Gasteiger partial charge in [-0.3, -0.25) is 4.79 Å². The molecule has 1 fully saturated rings. The quantitative estimate of drug-likeness (QED) is 0.837. The predicted octanol–water partition coefficient (Wildman–Crippen LogP) is 3.10. The van der Waals surface area contributed by atoms with Gasteiger partial charge in [0, 0.05) is 25.3 Å². The molecular formula is C23H28N2O3. The van der Waals surface area contributed by atoms with Crippen molar-refractivity contribution in [3.63, 3.8) is 0 Å². The van der Waals surface area contributed by atoms with Crippen LogP contribution in [-0.2, 0) is 28.9 Å². The number of aryl methyl sites for hydroxylation is 1. The molecule has 1 aliphatic carbocycles. The molecule has 1 N–H and O–H groups in total. The third-order valence-corrected chi connectivity index (χ3v) is 5.51. The Bertz CT molecular complexity index is 798. The first kappa shape index (κ1) is 18.8. The summed E-state index contributed by atoms with van der Waals surface area (Å²) < 4.78 is 11.2. The van der Waals surface area contributed by atoms with Crippen molar-refractivity contribution in [1.29, 1.82) is 0 Å². The molecule has 4 rings (SSSR count). The number of hydrogen-bond acceptors (Lipinski definition) is 4. The van der Waals surface area contributed by atoms with Crippen molar-refractivity contribution in [2.24, 2.45) is 0 Å². The standard InChI is InChI=1S/C23H28N2O3/c26-23(17-28-22-7-3-5-19-4-1-2-6-21(19)22)24-16-18-8-10-20(11-9-18)25-12-14-27-15-13-25/h3,5,7-11H,1-2,4,6,12-17H2,(H,24,26). The normalized spacial score (nSPS) is 16.4. The molecule has 2 aromatic rings. The van der Waals surface area contributed by atoms with Gasteiger partial charge in [0.25, 0.3) is 5.91 Å². The third-order valence-electron chi connectivity index (χ3n) is 5.51. The number of anilines is 1. The number of fused-ring (bicyclic) bond motifs is 1. The monoisotopic (exact) mass is 380 g/mol. The molecule has 0 spiro atoms. The molecule has 1 heterocycles.